The van der Waals surface area contributed by atoms with E-state index in [1.807, 2.05) is 13.6 Å². The van der Waals surface area contributed by atoms with E-state index in [1.165, 1.54) is 25.0 Å². The van der Waals surface area contributed by atoms with Crippen LogP contribution >= 0.6 is 0 Å². The van der Waals surface area contributed by atoms with E-state index in [1.54, 1.807) is 6.07 Å². The first-order valence-corrected chi connectivity index (χ1v) is 13.8. The van der Waals surface area contributed by atoms with Crippen LogP contribution in [-0.4, -0.2) is 34.0 Å². The monoisotopic (exact) mass is 596 g/mol. The molecule has 0 heterocycles. The van der Waals surface area contributed by atoms with Gasteiger partial charge in [0, 0.05) is 11.8 Å². The first-order chi connectivity index (χ1) is 18.2. The van der Waals surface area contributed by atoms with E-state index in [9.17, 15) is 39.6 Å². The molecular formula is C28H34F6O5S. The Morgan fingerprint density at radius 3 is 1.75 bits per heavy atom. The summed E-state index contributed by atoms with van der Waals surface area (Å²) in [4.78, 5) is 26.5. The molecule has 0 bridgehead atoms. The number of ketones is 1. The molecule has 3 rings (SSSR count). The molecule has 1 saturated carbocycles. The van der Waals surface area contributed by atoms with E-state index in [-0.39, 0.29) is 11.0 Å². The molecule has 1 fully saturated rings. The number of alkyl halides is 6. The second-order valence-corrected chi connectivity index (χ2v) is 12.2. The van der Waals surface area contributed by atoms with Crippen molar-refractivity contribution in [2.45, 2.75) is 64.2 Å². The summed E-state index contributed by atoms with van der Waals surface area (Å²) in [5, 5.41) is 0. The van der Waals surface area contributed by atoms with Gasteiger partial charge < -0.3 is 9.59 Å². The molecule has 0 N–H and O–H groups in total. The molecule has 0 amide bonds. The highest BCUT2D eigenvalue weighted by molar-refractivity contribution is 7.90. The molecule has 2 aromatic carbocycles. The van der Waals surface area contributed by atoms with Crippen molar-refractivity contribution in [3.63, 3.8) is 0 Å². The van der Waals surface area contributed by atoms with Crippen LogP contribution in [0.15, 0.2) is 47.4 Å². The summed E-state index contributed by atoms with van der Waals surface area (Å²) in [6.07, 6.45) is -5.01. The Labute approximate surface area is 230 Å². The third kappa shape index (κ3) is 10.9. The second-order valence-electron chi connectivity index (χ2n) is 10.2. The Hall–Kier alpha value is -3.02. The van der Waals surface area contributed by atoms with Gasteiger partial charge in [-0.25, -0.2) is 8.42 Å². The highest BCUT2D eigenvalue weighted by atomic mass is 32.2. The molecule has 12 heteroatoms. The normalized spacial score (nSPS) is 17.0. The number of hydrogen-bond donors (Lipinski definition) is 0. The minimum absolute atomic E-state index is 0.0801. The SMILES string of the molecule is C=O.C=O.CC(=O)c1ccc(C(F)(F)F)cc1S(C)(=O)=O.CC1CC(C(C)(C)Cc2cccc(C(F)(F)F)c2)C1. The van der Waals surface area contributed by atoms with Crippen LogP contribution in [0.5, 0.6) is 0 Å². The average molecular weight is 597 g/mol. The number of rotatable bonds is 5. The van der Waals surface area contributed by atoms with Gasteiger partial charge >= 0.3 is 12.4 Å². The molecular weight excluding hydrogens is 562 g/mol. The van der Waals surface area contributed by atoms with Crippen LogP contribution in [0.2, 0.25) is 0 Å². The van der Waals surface area contributed by atoms with Gasteiger partial charge in [-0.1, -0.05) is 39.0 Å². The second kappa shape index (κ2) is 14.6. The number of benzene rings is 2. The van der Waals surface area contributed by atoms with Gasteiger partial charge in [-0.3, -0.25) is 4.79 Å². The molecule has 0 unspecified atom stereocenters. The fraction of sp³-hybridized carbons (Fsp3) is 0.464. The summed E-state index contributed by atoms with van der Waals surface area (Å²) in [5.41, 5.74) is -0.998. The zero-order valence-electron chi connectivity index (χ0n) is 22.9. The summed E-state index contributed by atoms with van der Waals surface area (Å²) >= 11 is 0. The minimum Gasteiger partial charge on any atom is -0.307 e. The number of hydrogen-bond acceptors (Lipinski definition) is 5. The predicted molar refractivity (Wildman–Crippen MR) is 140 cm³/mol. The van der Waals surface area contributed by atoms with Crippen LogP contribution in [0.4, 0.5) is 26.3 Å². The predicted octanol–water partition coefficient (Wildman–Crippen LogP) is 7.26. The van der Waals surface area contributed by atoms with Gasteiger partial charge in [0.2, 0.25) is 0 Å². The summed E-state index contributed by atoms with van der Waals surface area (Å²) in [6, 6.07) is 7.79. The van der Waals surface area contributed by atoms with Crippen LogP contribution in [0, 0.1) is 17.3 Å². The van der Waals surface area contributed by atoms with Crippen molar-refractivity contribution < 1.29 is 49.1 Å². The van der Waals surface area contributed by atoms with Gasteiger partial charge in [-0.15, -0.1) is 0 Å². The van der Waals surface area contributed by atoms with Crippen molar-refractivity contribution in [1.29, 1.82) is 0 Å². The largest absolute Gasteiger partial charge is 0.416 e. The molecule has 0 atom stereocenters. The maximum absolute atomic E-state index is 12.7. The Kier molecular flexibility index (Phi) is 13.5. The molecule has 1 aliphatic carbocycles. The first kappa shape index (κ1) is 37.0. The van der Waals surface area contributed by atoms with Crippen molar-refractivity contribution in [3.8, 4) is 0 Å². The molecule has 0 aliphatic heterocycles. The third-order valence-electron chi connectivity index (χ3n) is 6.48. The van der Waals surface area contributed by atoms with E-state index in [0.29, 0.717) is 24.5 Å². The van der Waals surface area contributed by atoms with Crippen LogP contribution in [0.25, 0.3) is 0 Å². The van der Waals surface area contributed by atoms with Gasteiger partial charge in [-0.05, 0) is 73.3 Å². The van der Waals surface area contributed by atoms with E-state index >= 15 is 0 Å². The summed E-state index contributed by atoms with van der Waals surface area (Å²) in [5.74, 6) is 0.807. The topological polar surface area (TPSA) is 85.3 Å². The smallest absolute Gasteiger partial charge is 0.307 e. The van der Waals surface area contributed by atoms with Gasteiger partial charge in [0.1, 0.15) is 13.6 Å². The average Bonchev–Trinajstić information content (AvgIpc) is 2.83. The Bertz CT molecular complexity index is 1230. The van der Waals surface area contributed by atoms with Crippen LogP contribution in [0.1, 0.15) is 67.6 Å². The lowest BCUT2D eigenvalue weighted by atomic mass is 9.61. The fourth-order valence-electron chi connectivity index (χ4n) is 4.36. The molecule has 0 aromatic heterocycles. The zero-order valence-corrected chi connectivity index (χ0v) is 23.8. The molecule has 224 valence electrons. The highest BCUT2D eigenvalue weighted by Gasteiger charge is 2.38. The van der Waals surface area contributed by atoms with E-state index in [4.69, 9.17) is 9.59 Å². The van der Waals surface area contributed by atoms with E-state index in [2.05, 4.69) is 20.8 Å². The Balaban J connectivity index is 0.000000680. The number of Topliss-reactive ketones (excluding diaryl/α,β-unsaturated/α-hetero) is 1. The maximum atomic E-state index is 12.7. The van der Waals surface area contributed by atoms with Crippen molar-refractivity contribution in [2.75, 3.05) is 6.26 Å². The zero-order chi connectivity index (χ0) is 31.7. The standard InChI is InChI=1S/C16H21F3.C10H9F3O3S.2CH2O/c1-11-7-14(8-11)15(2,3)10-12-5-4-6-13(9-12)16(17,18)19;1-6(14)8-4-3-7(10(11,12)13)5-9(8)17(2,15)16;2*1-2/h4-6,9,11,14H,7-8,10H2,1-3H3;3-5H,1-2H3;2*1H2. The van der Waals surface area contributed by atoms with Crippen molar-refractivity contribution in [1.82, 2.24) is 0 Å². The Morgan fingerprint density at radius 2 is 1.35 bits per heavy atom. The number of carbonyl (C=O) groups excluding carboxylic acids is 3. The first-order valence-electron chi connectivity index (χ1n) is 11.9. The lowest BCUT2D eigenvalue weighted by molar-refractivity contribution is -0.138. The number of halogens is 6. The summed E-state index contributed by atoms with van der Waals surface area (Å²) < 4.78 is 97.9. The minimum atomic E-state index is -4.64. The third-order valence-corrected chi connectivity index (χ3v) is 7.62. The van der Waals surface area contributed by atoms with Gasteiger partial charge in [0.25, 0.3) is 0 Å². The number of sulfone groups is 1. The molecule has 0 radical (unpaired) electrons. The number of carbonyl (C=O) groups is 3. The van der Waals surface area contributed by atoms with Crippen LogP contribution < -0.4 is 0 Å². The van der Waals surface area contributed by atoms with E-state index in [0.717, 1.165) is 36.8 Å². The molecule has 0 spiro atoms. The molecule has 1 aliphatic rings. The molecule has 40 heavy (non-hydrogen) atoms. The molecule has 0 saturated heterocycles. The van der Waals surface area contributed by atoms with E-state index < -0.39 is 44.0 Å². The lowest BCUT2D eigenvalue weighted by Gasteiger charge is -2.44. The summed E-state index contributed by atoms with van der Waals surface area (Å²) in [7, 11) is -3.88. The molecule has 2 aromatic rings. The Morgan fingerprint density at radius 1 is 0.875 bits per heavy atom. The van der Waals surface area contributed by atoms with Crippen LogP contribution in [0.3, 0.4) is 0 Å². The maximum Gasteiger partial charge on any atom is 0.416 e. The van der Waals surface area contributed by atoms with Gasteiger partial charge in [0.05, 0.1) is 16.0 Å². The van der Waals surface area contributed by atoms with Crippen molar-refractivity contribution >= 4 is 29.2 Å². The summed E-state index contributed by atoms with van der Waals surface area (Å²) in [6.45, 7) is 11.7. The molecule has 5 nitrogen and oxygen atoms in total. The van der Waals surface area contributed by atoms with Gasteiger partial charge in [-0.2, -0.15) is 26.3 Å². The quantitative estimate of drug-likeness (QED) is 0.268. The lowest BCUT2D eigenvalue weighted by Crippen LogP contribution is -2.36. The highest BCUT2D eigenvalue weighted by Crippen LogP contribution is 2.47. The fourth-order valence-corrected chi connectivity index (χ4v) is 5.32. The van der Waals surface area contributed by atoms with Gasteiger partial charge in [0.15, 0.2) is 15.6 Å². The van der Waals surface area contributed by atoms with Crippen molar-refractivity contribution in [2.24, 2.45) is 17.3 Å². The van der Waals surface area contributed by atoms with Crippen molar-refractivity contribution in [3.05, 3.63) is 64.7 Å². The van der Waals surface area contributed by atoms with Crippen LogP contribution in [-0.2, 0) is 38.2 Å².